The van der Waals surface area contributed by atoms with E-state index in [2.05, 4.69) is 30.9 Å². The number of aromatic nitrogens is 5. The monoisotopic (exact) mass is 222 g/mol. The van der Waals surface area contributed by atoms with E-state index < -0.39 is 0 Å². The quantitative estimate of drug-likeness (QED) is 0.612. The van der Waals surface area contributed by atoms with Gasteiger partial charge in [-0.15, -0.1) is 0 Å². The zero-order valence-electron chi connectivity index (χ0n) is 8.29. The summed E-state index contributed by atoms with van der Waals surface area (Å²) in [5.41, 5.74) is 0.536. The van der Waals surface area contributed by atoms with Gasteiger partial charge in [-0.1, -0.05) is 5.16 Å². The molecule has 84 valence electrons. The Bertz CT molecular complexity index is 467. The average Bonchev–Trinajstić information content (AvgIpc) is 2.97. The molecule has 0 aromatic carbocycles. The van der Waals surface area contributed by atoms with E-state index in [1.54, 1.807) is 0 Å². The van der Waals surface area contributed by atoms with Crippen LogP contribution in [0.15, 0.2) is 10.7 Å². The number of hydrogen-bond acceptors (Lipinski definition) is 7. The predicted molar refractivity (Wildman–Crippen MR) is 51.0 cm³/mol. The van der Waals surface area contributed by atoms with Crippen molar-refractivity contribution in [1.82, 2.24) is 30.9 Å². The standard InChI is InChI=1S/C8H10N6O2/c15-4-1-5(9-2-4)8-11-7(13-16-8)6-3-10-14-12-6/h3-5,9,15H,1-2H2,(H,10,12,14). The van der Waals surface area contributed by atoms with Crippen LogP contribution in [0.2, 0.25) is 0 Å². The topological polar surface area (TPSA) is 113 Å². The van der Waals surface area contributed by atoms with Crippen molar-refractivity contribution in [3.63, 3.8) is 0 Å². The summed E-state index contributed by atoms with van der Waals surface area (Å²) in [6.07, 6.45) is 1.75. The number of aromatic amines is 1. The zero-order chi connectivity index (χ0) is 11.0. The number of rotatable bonds is 2. The van der Waals surface area contributed by atoms with Gasteiger partial charge >= 0.3 is 0 Å². The van der Waals surface area contributed by atoms with Gasteiger partial charge in [-0.2, -0.15) is 20.4 Å². The highest BCUT2D eigenvalue weighted by atomic mass is 16.5. The molecular weight excluding hydrogens is 212 g/mol. The van der Waals surface area contributed by atoms with Gasteiger partial charge in [0.15, 0.2) is 5.69 Å². The summed E-state index contributed by atoms with van der Waals surface area (Å²) < 4.78 is 5.10. The summed E-state index contributed by atoms with van der Waals surface area (Å²) in [6.45, 7) is 0.548. The van der Waals surface area contributed by atoms with Crippen LogP contribution in [-0.2, 0) is 0 Å². The Morgan fingerprint density at radius 3 is 3.12 bits per heavy atom. The van der Waals surface area contributed by atoms with Gasteiger partial charge in [0, 0.05) is 6.54 Å². The fraction of sp³-hybridized carbons (Fsp3) is 0.500. The van der Waals surface area contributed by atoms with Crippen LogP contribution < -0.4 is 5.32 Å². The van der Waals surface area contributed by atoms with Gasteiger partial charge in [-0.05, 0) is 6.42 Å². The third kappa shape index (κ3) is 1.57. The molecule has 0 saturated carbocycles. The van der Waals surface area contributed by atoms with Crippen molar-refractivity contribution in [1.29, 1.82) is 0 Å². The van der Waals surface area contributed by atoms with E-state index >= 15 is 0 Å². The lowest BCUT2D eigenvalue weighted by atomic mass is 10.2. The molecular formula is C8H10N6O2. The molecule has 8 heteroatoms. The molecule has 0 spiro atoms. The van der Waals surface area contributed by atoms with Crippen LogP contribution in [0.5, 0.6) is 0 Å². The normalized spacial score (nSPS) is 25.1. The molecule has 3 N–H and O–H groups in total. The summed E-state index contributed by atoms with van der Waals surface area (Å²) in [7, 11) is 0. The summed E-state index contributed by atoms with van der Waals surface area (Å²) in [5.74, 6) is 0.862. The van der Waals surface area contributed by atoms with Crippen molar-refractivity contribution in [3.05, 3.63) is 12.1 Å². The first-order valence-electron chi connectivity index (χ1n) is 4.94. The zero-order valence-corrected chi connectivity index (χ0v) is 8.29. The maximum absolute atomic E-state index is 9.37. The first kappa shape index (κ1) is 9.43. The van der Waals surface area contributed by atoms with Crippen molar-refractivity contribution >= 4 is 0 Å². The van der Waals surface area contributed by atoms with Gasteiger partial charge in [0.25, 0.3) is 0 Å². The minimum atomic E-state index is -0.354. The summed E-state index contributed by atoms with van der Waals surface area (Å²) in [4.78, 5) is 4.20. The van der Waals surface area contributed by atoms with Crippen LogP contribution in [0.1, 0.15) is 18.4 Å². The summed E-state index contributed by atoms with van der Waals surface area (Å²) in [6, 6.07) is -0.0804. The van der Waals surface area contributed by atoms with E-state index in [1.807, 2.05) is 0 Å². The first-order chi connectivity index (χ1) is 7.83. The van der Waals surface area contributed by atoms with Gasteiger partial charge in [-0.25, -0.2) is 0 Å². The fourth-order valence-corrected chi connectivity index (χ4v) is 1.70. The predicted octanol–water partition coefficient (Wildman–Crippen LogP) is -0.750. The van der Waals surface area contributed by atoms with Crippen LogP contribution in [0, 0.1) is 0 Å². The van der Waals surface area contributed by atoms with Crippen LogP contribution in [0.4, 0.5) is 0 Å². The Morgan fingerprint density at radius 2 is 2.44 bits per heavy atom. The lowest BCUT2D eigenvalue weighted by Gasteiger charge is -2.01. The molecule has 1 aliphatic heterocycles. The first-order valence-corrected chi connectivity index (χ1v) is 4.94. The molecule has 2 aromatic rings. The lowest BCUT2D eigenvalue weighted by Crippen LogP contribution is -2.15. The molecule has 0 amide bonds. The molecule has 2 aromatic heterocycles. The van der Waals surface area contributed by atoms with Gasteiger partial charge in [0.1, 0.15) is 0 Å². The second kappa shape index (κ2) is 3.65. The second-order valence-electron chi connectivity index (χ2n) is 3.66. The van der Waals surface area contributed by atoms with Crippen molar-refractivity contribution in [3.8, 4) is 11.5 Å². The second-order valence-corrected chi connectivity index (χ2v) is 3.66. The Hall–Kier alpha value is -1.80. The van der Waals surface area contributed by atoms with Crippen LogP contribution in [0.3, 0.4) is 0 Å². The molecule has 1 saturated heterocycles. The largest absolute Gasteiger partial charge is 0.392 e. The van der Waals surface area contributed by atoms with Crippen molar-refractivity contribution in [2.24, 2.45) is 0 Å². The van der Waals surface area contributed by atoms with Crippen molar-refractivity contribution < 1.29 is 9.63 Å². The maximum Gasteiger partial charge on any atom is 0.244 e. The Balaban J connectivity index is 1.83. The number of β-amino-alcohol motifs (C(OH)–C–C–N with tert-alkyl or cyclic N) is 1. The minimum absolute atomic E-state index is 0.0804. The van der Waals surface area contributed by atoms with E-state index in [4.69, 9.17) is 4.52 Å². The van der Waals surface area contributed by atoms with Crippen LogP contribution in [0.25, 0.3) is 11.5 Å². The Kier molecular flexibility index (Phi) is 2.15. The smallest absolute Gasteiger partial charge is 0.244 e. The van der Waals surface area contributed by atoms with E-state index in [0.29, 0.717) is 30.4 Å². The van der Waals surface area contributed by atoms with E-state index in [0.717, 1.165) is 0 Å². The van der Waals surface area contributed by atoms with Crippen LogP contribution >= 0.6 is 0 Å². The molecule has 3 heterocycles. The third-order valence-corrected chi connectivity index (χ3v) is 2.49. The molecule has 0 radical (unpaired) electrons. The molecule has 1 fully saturated rings. The van der Waals surface area contributed by atoms with E-state index in [-0.39, 0.29) is 12.1 Å². The van der Waals surface area contributed by atoms with E-state index in [1.165, 1.54) is 6.20 Å². The Labute approximate surface area is 90.1 Å². The maximum atomic E-state index is 9.37. The van der Waals surface area contributed by atoms with Gasteiger partial charge < -0.3 is 14.9 Å². The summed E-state index contributed by atoms with van der Waals surface area (Å²) in [5, 5.41) is 26.3. The molecule has 0 aliphatic carbocycles. The summed E-state index contributed by atoms with van der Waals surface area (Å²) >= 11 is 0. The number of H-pyrrole nitrogens is 1. The molecule has 3 rings (SSSR count). The third-order valence-electron chi connectivity index (χ3n) is 2.49. The minimum Gasteiger partial charge on any atom is -0.392 e. The van der Waals surface area contributed by atoms with Crippen LogP contribution in [-0.4, -0.2) is 43.3 Å². The number of aliphatic hydroxyl groups excluding tert-OH is 1. The van der Waals surface area contributed by atoms with E-state index in [9.17, 15) is 5.11 Å². The highest BCUT2D eigenvalue weighted by molar-refractivity contribution is 5.44. The number of nitrogens with one attached hydrogen (secondary N) is 2. The number of hydrogen-bond donors (Lipinski definition) is 3. The molecule has 1 aliphatic rings. The molecule has 8 nitrogen and oxygen atoms in total. The van der Waals surface area contributed by atoms with Crippen molar-refractivity contribution in [2.45, 2.75) is 18.6 Å². The Morgan fingerprint density at radius 1 is 1.50 bits per heavy atom. The highest BCUT2D eigenvalue weighted by Crippen LogP contribution is 2.23. The van der Waals surface area contributed by atoms with Gasteiger partial charge in [0.2, 0.25) is 11.7 Å². The average molecular weight is 222 g/mol. The molecule has 16 heavy (non-hydrogen) atoms. The number of aliphatic hydroxyl groups is 1. The lowest BCUT2D eigenvalue weighted by molar-refractivity contribution is 0.191. The highest BCUT2D eigenvalue weighted by Gasteiger charge is 2.28. The SMILES string of the molecule is OC1CNC(c2nc(-c3cn[nH]n3)no2)C1. The molecule has 2 atom stereocenters. The fourth-order valence-electron chi connectivity index (χ4n) is 1.70. The van der Waals surface area contributed by atoms with Gasteiger partial charge in [-0.3, -0.25) is 0 Å². The molecule has 0 bridgehead atoms. The number of nitrogens with zero attached hydrogens (tertiary/aromatic N) is 4. The van der Waals surface area contributed by atoms with Crippen molar-refractivity contribution in [2.75, 3.05) is 6.54 Å². The molecule has 2 unspecified atom stereocenters. The van der Waals surface area contributed by atoms with Gasteiger partial charge in [0.05, 0.1) is 18.3 Å².